The summed E-state index contributed by atoms with van der Waals surface area (Å²) in [7, 11) is 0. The summed E-state index contributed by atoms with van der Waals surface area (Å²) in [5.41, 5.74) is 1.40. The van der Waals surface area contributed by atoms with Crippen LogP contribution in [0.15, 0.2) is 72.8 Å². The van der Waals surface area contributed by atoms with E-state index in [0.29, 0.717) is 17.5 Å². The number of benzene rings is 2. The molecule has 1 saturated heterocycles. The highest BCUT2D eigenvalue weighted by Crippen LogP contribution is 2.65. The van der Waals surface area contributed by atoms with E-state index in [4.69, 9.17) is 4.74 Å². The molecule has 35 heavy (non-hydrogen) atoms. The van der Waals surface area contributed by atoms with E-state index in [2.05, 4.69) is 17.5 Å². The molecule has 2 aromatic carbocycles. The number of allylic oxidation sites excluding steroid dienone is 2. The molecule has 7 nitrogen and oxygen atoms in total. The summed E-state index contributed by atoms with van der Waals surface area (Å²) in [5, 5.41) is 2.67. The normalized spacial score (nSPS) is 30.5. The number of hydrogen-bond acceptors (Lipinski definition) is 5. The predicted molar refractivity (Wildman–Crippen MR) is 127 cm³/mol. The number of hydrogen-bond donors (Lipinski definition) is 1. The van der Waals surface area contributed by atoms with Crippen molar-refractivity contribution in [2.45, 2.75) is 18.9 Å². The number of carbonyl (C=O) groups is 4. The van der Waals surface area contributed by atoms with Crippen molar-refractivity contribution in [2.24, 2.45) is 35.5 Å². The van der Waals surface area contributed by atoms with Crippen LogP contribution in [0.25, 0.3) is 0 Å². The van der Waals surface area contributed by atoms with E-state index in [9.17, 15) is 19.2 Å². The standard InChI is InChI=1S/C28H26N2O5/c31-23(29-17-9-5-2-6-10-17)15-35-28(34)22(13-16-7-3-1-4-8-16)30-26(32)24-18-11-12-19(21-14-20(18)21)25(24)27(30)33/h1-12,18-22,24-25H,13-15H2,(H,29,31). The topological polar surface area (TPSA) is 92.8 Å². The number of likely N-dealkylation sites (tertiary alicyclic amines) is 1. The summed E-state index contributed by atoms with van der Waals surface area (Å²) in [6, 6.07) is 17.0. The van der Waals surface area contributed by atoms with E-state index in [1.807, 2.05) is 36.4 Å². The summed E-state index contributed by atoms with van der Waals surface area (Å²) < 4.78 is 5.36. The molecule has 7 rings (SSSR count). The lowest BCUT2D eigenvalue weighted by molar-refractivity contribution is -0.160. The first-order valence-corrected chi connectivity index (χ1v) is 12.1. The Kier molecular flexibility index (Phi) is 5.28. The molecular weight excluding hydrogens is 444 g/mol. The number of esters is 1. The first-order chi connectivity index (χ1) is 17.0. The van der Waals surface area contributed by atoms with Gasteiger partial charge in [-0.3, -0.25) is 19.3 Å². The van der Waals surface area contributed by atoms with Crippen LogP contribution in [0.2, 0.25) is 0 Å². The largest absolute Gasteiger partial charge is 0.454 e. The van der Waals surface area contributed by atoms with E-state index in [1.54, 1.807) is 24.3 Å². The fourth-order valence-electron chi connectivity index (χ4n) is 6.36. The summed E-state index contributed by atoms with van der Waals surface area (Å²) in [5.74, 6) is -1.49. The minimum Gasteiger partial charge on any atom is -0.454 e. The zero-order valence-corrected chi connectivity index (χ0v) is 19.1. The molecule has 0 aromatic heterocycles. The fourth-order valence-corrected chi connectivity index (χ4v) is 6.36. The van der Waals surface area contributed by atoms with Gasteiger partial charge in [-0.15, -0.1) is 0 Å². The molecule has 2 bridgehead atoms. The number of rotatable bonds is 7. The maximum atomic E-state index is 13.6. The quantitative estimate of drug-likeness (QED) is 0.382. The van der Waals surface area contributed by atoms with Crippen molar-refractivity contribution in [3.05, 3.63) is 78.4 Å². The van der Waals surface area contributed by atoms with Crippen LogP contribution in [0, 0.1) is 35.5 Å². The zero-order valence-electron chi connectivity index (χ0n) is 19.1. The lowest BCUT2D eigenvalue weighted by Gasteiger charge is -2.37. The number of nitrogens with zero attached hydrogens (tertiary/aromatic N) is 1. The van der Waals surface area contributed by atoms with Crippen LogP contribution >= 0.6 is 0 Å². The maximum absolute atomic E-state index is 13.6. The number of imide groups is 1. The molecule has 1 N–H and O–H groups in total. The molecule has 7 heteroatoms. The van der Waals surface area contributed by atoms with Crippen LogP contribution < -0.4 is 5.32 Å². The average Bonchev–Trinajstić information content (AvgIpc) is 3.66. The molecule has 3 fully saturated rings. The molecule has 0 spiro atoms. The molecule has 1 heterocycles. The summed E-state index contributed by atoms with van der Waals surface area (Å²) in [6.07, 6.45) is 5.43. The van der Waals surface area contributed by atoms with Gasteiger partial charge in [-0.05, 0) is 47.8 Å². The molecule has 2 aromatic rings. The van der Waals surface area contributed by atoms with Crippen LogP contribution in [-0.4, -0.2) is 41.2 Å². The molecule has 2 saturated carbocycles. The monoisotopic (exact) mass is 470 g/mol. The number of para-hydroxylation sites is 1. The third-order valence-electron chi connectivity index (χ3n) is 7.96. The number of nitrogens with one attached hydrogen (secondary N) is 1. The van der Waals surface area contributed by atoms with Crippen LogP contribution in [0.3, 0.4) is 0 Å². The second-order valence-electron chi connectivity index (χ2n) is 9.93. The second kappa shape index (κ2) is 8.48. The Morgan fingerprint density at radius 3 is 2.06 bits per heavy atom. The fraction of sp³-hybridized carbons (Fsp3) is 0.357. The van der Waals surface area contributed by atoms with Gasteiger partial charge in [-0.25, -0.2) is 4.79 Å². The van der Waals surface area contributed by atoms with E-state index < -0.39 is 36.4 Å². The Labute approximate surface area is 203 Å². The third-order valence-corrected chi connectivity index (χ3v) is 7.96. The average molecular weight is 471 g/mol. The van der Waals surface area contributed by atoms with Gasteiger partial charge in [0.05, 0.1) is 11.8 Å². The lowest BCUT2D eigenvalue weighted by Crippen LogP contribution is -2.48. The minimum absolute atomic E-state index is 0.0708. The van der Waals surface area contributed by atoms with Gasteiger partial charge in [0, 0.05) is 12.1 Å². The van der Waals surface area contributed by atoms with Gasteiger partial charge < -0.3 is 10.1 Å². The summed E-state index contributed by atoms with van der Waals surface area (Å²) >= 11 is 0. The van der Waals surface area contributed by atoms with Gasteiger partial charge >= 0.3 is 5.97 Å². The Morgan fingerprint density at radius 1 is 0.886 bits per heavy atom. The highest BCUT2D eigenvalue weighted by atomic mass is 16.5. The van der Waals surface area contributed by atoms with E-state index in [0.717, 1.165) is 16.9 Å². The molecule has 178 valence electrons. The van der Waals surface area contributed by atoms with Gasteiger partial charge in [0.15, 0.2) is 6.61 Å². The van der Waals surface area contributed by atoms with E-state index in [-0.39, 0.29) is 30.1 Å². The van der Waals surface area contributed by atoms with Crippen molar-refractivity contribution < 1.29 is 23.9 Å². The maximum Gasteiger partial charge on any atom is 0.330 e. The smallest absolute Gasteiger partial charge is 0.330 e. The molecule has 0 radical (unpaired) electrons. The van der Waals surface area contributed by atoms with Gasteiger partial charge in [0.2, 0.25) is 11.8 Å². The van der Waals surface area contributed by atoms with Gasteiger partial charge in [-0.1, -0.05) is 60.7 Å². The molecule has 1 aliphatic heterocycles. The Balaban J connectivity index is 1.22. The summed E-state index contributed by atoms with van der Waals surface area (Å²) in [4.78, 5) is 54.0. The molecular formula is C28H26N2O5. The predicted octanol–water partition coefficient (Wildman–Crippen LogP) is 2.83. The number of amides is 3. The molecule has 5 aliphatic rings. The molecule has 7 atom stereocenters. The molecule has 4 aliphatic carbocycles. The van der Waals surface area contributed by atoms with Crippen LogP contribution in [-0.2, 0) is 30.3 Å². The highest BCUT2D eigenvalue weighted by molar-refractivity contribution is 6.09. The molecule has 7 unspecified atom stereocenters. The first-order valence-electron chi connectivity index (χ1n) is 12.1. The van der Waals surface area contributed by atoms with Crippen LogP contribution in [0.4, 0.5) is 5.69 Å². The van der Waals surface area contributed by atoms with Crippen molar-refractivity contribution in [2.75, 3.05) is 11.9 Å². The SMILES string of the molecule is O=C(COC(=O)C(Cc1ccccc1)N1C(=O)C2C3C=CC(C4CC34)C2C1=O)Nc1ccccc1. The summed E-state index contributed by atoms with van der Waals surface area (Å²) in [6.45, 7) is -0.501. The number of ether oxygens (including phenoxy) is 1. The minimum atomic E-state index is -1.11. The second-order valence-corrected chi connectivity index (χ2v) is 9.93. The van der Waals surface area contributed by atoms with E-state index >= 15 is 0 Å². The van der Waals surface area contributed by atoms with Gasteiger partial charge in [0.1, 0.15) is 6.04 Å². The zero-order chi connectivity index (χ0) is 24.1. The van der Waals surface area contributed by atoms with Crippen molar-refractivity contribution in [3.63, 3.8) is 0 Å². The number of carbonyl (C=O) groups excluding carboxylic acids is 4. The number of anilines is 1. The first kappa shape index (κ1) is 21.8. The third kappa shape index (κ3) is 3.75. The van der Waals surface area contributed by atoms with Crippen molar-refractivity contribution in [1.29, 1.82) is 0 Å². The Morgan fingerprint density at radius 2 is 1.46 bits per heavy atom. The van der Waals surface area contributed by atoms with E-state index in [1.165, 1.54) is 0 Å². The Hall–Kier alpha value is -3.74. The highest BCUT2D eigenvalue weighted by Gasteiger charge is 2.68. The van der Waals surface area contributed by atoms with Crippen LogP contribution in [0.5, 0.6) is 0 Å². The van der Waals surface area contributed by atoms with Crippen molar-refractivity contribution in [3.8, 4) is 0 Å². The van der Waals surface area contributed by atoms with Gasteiger partial charge in [-0.2, -0.15) is 0 Å². The Bertz CT molecular complexity index is 1170. The van der Waals surface area contributed by atoms with Crippen LogP contribution in [0.1, 0.15) is 12.0 Å². The lowest BCUT2D eigenvalue weighted by atomic mass is 9.63. The van der Waals surface area contributed by atoms with Crippen molar-refractivity contribution in [1.82, 2.24) is 4.90 Å². The molecule has 3 amide bonds. The van der Waals surface area contributed by atoms with Crippen molar-refractivity contribution >= 4 is 29.4 Å². The van der Waals surface area contributed by atoms with Gasteiger partial charge in [0.25, 0.3) is 5.91 Å².